The number of carbonyl (C=O) groups excluding carboxylic acids is 2. The summed E-state index contributed by atoms with van der Waals surface area (Å²) in [4.78, 5) is 26.2. The van der Waals surface area contributed by atoms with Gasteiger partial charge in [-0.1, -0.05) is 276 Å². The Balaban J connectivity index is 4.80. The van der Waals surface area contributed by atoms with E-state index < -0.39 is 18.2 Å². The second-order valence-electron chi connectivity index (χ2n) is 18.4. The van der Waals surface area contributed by atoms with Gasteiger partial charge in [0.05, 0.1) is 25.2 Å². The maximum atomic E-state index is 13.2. The summed E-state index contributed by atoms with van der Waals surface area (Å²) in [6.07, 6.45) is 80.6. The normalized spacial score (nSPS) is 14.3. The van der Waals surface area contributed by atoms with Crippen LogP contribution in [0.25, 0.3) is 0 Å². The van der Waals surface area contributed by atoms with Gasteiger partial charge in [0.1, 0.15) is 6.10 Å². The SMILES string of the molecule is CC\C=C/C=C/C=C/C=C\C=C\C=C\CCCC(CC(=O)NC(CO)C(O)CCCCCCCCCCCCCCCCCCC)OC(=O)CC/C=C\C/C=C\C/C=C\C/C=C\C/C=C\C/C=C\CC. The lowest BCUT2D eigenvalue weighted by Crippen LogP contribution is -2.46. The van der Waals surface area contributed by atoms with Gasteiger partial charge in [-0.2, -0.15) is 0 Å². The number of unbranched alkanes of at least 4 members (excludes halogenated alkanes) is 17. The van der Waals surface area contributed by atoms with Crippen molar-refractivity contribution in [1.29, 1.82) is 0 Å². The zero-order valence-corrected chi connectivity index (χ0v) is 44.8. The van der Waals surface area contributed by atoms with Gasteiger partial charge in [0, 0.05) is 6.42 Å². The van der Waals surface area contributed by atoms with E-state index in [0.29, 0.717) is 19.3 Å². The average molecular weight is 967 g/mol. The molecule has 3 N–H and O–H groups in total. The third kappa shape index (κ3) is 50.1. The summed E-state index contributed by atoms with van der Waals surface area (Å²) in [5.74, 6) is -0.662. The maximum Gasteiger partial charge on any atom is 0.306 e. The minimum absolute atomic E-state index is 0.0139. The Hall–Kier alpha value is -4.26. The Morgan fingerprint density at radius 3 is 1.29 bits per heavy atom. The van der Waals surface area contributed by atoms with Gasteiger partial charge in [0.25, 0.3) is 0 Å². The Kier molecular flexibility index (Phi) is 52.3. The second kappa shape index (κ2) is 55.7. The zero-order valence-electron chi connectivity index (χ0n) is 44.8. The molecule has 0 spiro atoms. The van der Waals surface area contributed by atoms with Crippen molar-refractivity contribution in [3.05, 3.63) is 146 Å². The van der Waals surface area contributed by atoms with E-state index >= 15 is 0 Å². The molecule has 3 unspecified atom stereocenters. The first kappa shape index (κ1) is 65.7. The molecule has 0 bridgehead atoms. The largest absolute Gasteiger partial charge is 0.462 e. The van der Waals surface area contributed by atoms with E-state index in [1.165, 1.54) is 89.9 Å². The molecule has 0 aliphatic carbocycles. The number of allylic oxidation sites excluding steroid dienone is 24. The summed E-state index contributed by atoms with van der Waals surface area (Å²) in [6.45, 7) is 6.19. The van der Waals surface area contributed by atoms with Crippen LogP contribution in [0, 0.1) is 0 Å². The molecule has 0 aromatic heterocycles. The molecule has 0 aromatic carbocycles. The fourth-order valence-corrected chi connectivity index (χ4v) is 7.67. The molecule has 0 saturated carbocycles. The molecule has 6 heteroatoms. The van der Waals surface area contributed by atoms with Crippen molar-refractivity contribution in [2.45, 2.75) is 238 Å². The lowest BCUT2D eigenvalue weighted by Gasteiger charge is -2.24. The standard InChI is InChI=1S/C64H103NO5/c1-4-7-10-13-16-19-22-25-28-30-31-33-36-39-42-45-48-51-54-57-64(69)70-60(55-52-49-46-43-40-37-34-27-24-21-18-15-12-9-6-3)58-63(68)65-61(59-66)62(67)56-53-50-47-44-41-38-35-32-29-26-23-20-17-14-11-8-5-2/h7,9-10,12,15-16,18-19,21,24-25,27-28,31,33-34,37,39-40,42-43,46,48,51,60-62,66-67H,4-6,8,11,13-14,17,20,22-23,26,29-30,32,35-36,38,41,44-45,47,49-50,52-59H2,1-3H3,(H,65,68)/b10-7-,12-9-,18-15+,19-16-,24-21+,28-25-,33-31-,34-27-,40-37+,42-39-,46-43+,51-48-. The zero-order chi connectivity index (χ0) is 50.9. The van der Waals surface area contributed by atoms with Crippen LogP contribution in [0.3, 0.4) is 0 Å². The minimum Gasteiger partial charge on any atom is -0.462 e. The van der Waals surface area contributed by atoms with E-state index in [1.54, 1.807) is 0 Å². The van der Waals surface area contributed by atoms with E-state index in [4.69, 9.17) is 4.74 Å². The van der Waals surface area contributed by atoms with Crippen LogP contribution in [0.15, 0.2) is 146 Å². The van der Waals surface area contributed by atoms with Gasteiger partial charge in [0.15, 0.2) is 0 Å². The molecule has 0 rings (SSSR count). The minimum atomic E-state index is -0.832. The quantitative estimate of drug-likeness (QED) is 0.0244. The van der Waals surface area contributed by atoms with Crippen molar-refractivity contribution in [3.63, 3.8) is 0 Å². The van der Waals surface area contributed by atoms with Gasteiger partial charge in [-0.3, -0.25) is 9.59 Å². The summed E-state index contributed by atoms with van der Waals surface area (Å²) in [5.41, 5.74) is 0. The van der Waals surface area contributed by atoms with Crippen LogP contribution >= 0.6 is 0 Å². The van der Waals surface area contributed by atoms with Crippen molar-refractivity contribution in [2.24, 2.45) is 0 Å². The molecule has 1 amide bonds. The molecule has 394 valence electrons. The van der Waals surface area contributed by atoms with Crippen molar-refractivity contribution in [1.82, 2.24) is 5.32 Å². The van der Waals surface area contributed by atoms with Gasteiger partial charge in [-0.15, -0.1) is 0 Å². The molecule has 0 aliphatic rings. The third-order valence-corrected chi connectivity index (χ3v) is 11.8. The van der Waals surface area contributed by atoms with Crippen LogP contribution in [0.2, 0.25) is 0 Å². The summed E-state index contributed by atoms with van der Waals surface area (Å²) in [5, 5.41) is 23.8. The van der Waals surface area contributed by atoms with Crippen LogP contribution in [-0.4, -0.2) is 46.9 Å². The summed E-state index contributed by atoms with van der Waals surface area (Å²) >= 11 is 0. The monoisotopic (exact) mass is 966 g/mol. The summed E-state index contributed by atoms with van der Waals surface area (Å²) in [6, 6.07) is -0.753. The number of amides is 1. The van der Waals surface area contributed by atoms with Crippen molar-refractivity contribution in [3.8, 4) is 0 Å². The highest BCUT2D eigenvalue weighted by Crippen LogP contribution is 2.17. The smallest absolute Gasteiger partial charge is 0.306 e. The van der Waals surface area contributed by atoms with Crippen molar-refractivity contribution in [2.75, 3.05) is 6.61 Å². The fourth-order valence-electron chi connectivity index (χ4n) is 7.67. The molecule has 0 aliphatic heterocycles. The first-order valence-electron chi connectivity index (χ1n) is 28.1. The Bertz CT molecular complexity index is 1550. The number of rotatable bonds is 48. The van der Waals surface area contributed by atoms with Crippen LogP contribution in [0.4, 0.5) is 0 Å². The van der Waals surface area contributed by atoms with Gasteiger partial charge >= 0.3 is 5.97 Å². The molecule has 6 nitrogen and oxygen atoms in total. The molecular formula is C64H103NO5. The predicted octanol–water partition coefficient (Wildman–Crippen LogP) is 17.6. The number of hydrogen-bond donors (Lipinski definition) is 3. The number of aliphatic hydroxyl groups excluding tert-OH is 2. The highest BCUT2D eigenvalue weighted by molar-refractivity contribution is 5.77. The topological polar surface area (TPSA) is 95.9 Å². The molecule has 0 saturated heterocycles. The Labute approximate surface area is 430 Å². The van der Waals surface area contributed by atoms with Crippen LogP contribution < -0.4 is 5.32 Å². The van der Waals surface area contributed by atoms with Crippen LogP contribution in [0.5, 0.6) is 0 Å². The van der Waals surface area contributed by atoms with E-state index in [-0.39, 0.29) is 31.3 Å². The molecule has 0 heterocycles. The molecule has 3 atom stereocenters. The predicted molar refractivity (Wildman–Crippen MR) is 305 cm³/mol. The summed E-state index contributed by atoms with van der Waals surface area (Å²) < 4.78 is 5.87. The first-order valence-corrected chi connectivity index (χ1v) is 28.1. The Morgan fingerprint density at radius 2 is 0.843 bits per heavy atom. The number of nitrogens with one attached hydrogen (secondary N) is 1. The average Bonchev–Trinajstić information content (AvgIpc) is 3.35. The summed E-state index contributed by atoms with van der Waals surface area (Å²) in [7, 11) is 0. The number of carbonyl (C=O) groups is 2. The molecule has 0 aromatic rings. The van der Waals surface area contributed by atoms with E-state index in [0.717, 1.165) is 77.0 Å². The molecule has 70 heavy (non-hydrogen) atoms. The second-order valence-corrected chi connectivity index (χ2v) is 18.4. The molecule has 0 radical (unpaired) electrons. The molecular weight excluding hydrogens is 863 g/mol. The van der Waals surface area contributed by atoms with Crippen molar-refractivity contribution < 1.29 is 24.5 Å². The van der Waals surface area contributed by atoms with Gasteiger partial charge in [-0.05, 0) is 77.0 Å². The third-order valence-electron chi connectivity index (χ3n) is 11.8. The first-order chi connectivity index (χ1) is 34.5. The van der Waals surface area contributed by atoms with Gasteiger partial charge in [-0.25, -0.2) is 0 Å². The fraction of sp³-hybridized carbons (Fsp3) is 0.594. The van der Waals surface area contributed by atoms with Crippen LogP contribution in [-0.2, 0) is 14.3 Å². The van der Waals surface area contributed by atoms with Crippen LogP contribution in [0.1, 0.15) is 220 Å². The maximum absolute atomic E-state index is 13.2. The van der Waals surface area contributed by atoms with E-state index in [1.807, 2.05) is 66.8 Å². The van der Waals surface area contributed by atoms with Gasteiger partial charge < -0.3 is 20.3 Å². The number of esters is 1. The highest BCUT2D eigenvalue weighted by Gasteiger charge is 2.24. The van der Waals surface area contributed by atoms with Crippen molar-refractivity contribution >= 4 is 11.9 Å². The number of aliphatic hydroxyl groups is 2. The Morgan fingerprint density at radius 1 is 0.443 bits per heavy atom. The lowest BCUT2D eigenvalue weighted by atomic mass is 10.0. The highest BCUT2D eigenvalue weighted by atomic mass is 16.5. The lowest BCUT2D eigenvalue weighted by molar-refractivity contribution is -0.150. The van der Waals surface area contributed by atoms with E-state index in [2.05, 4.69) is 105 Å². The molecule has 0 fully saturated rings. The number of ether oxygens (including phenoxy) is 1. The van der Waals surface area contributed by atoms with Gasteiger partial charge in [0.2, 0.25) is 5.91 Å². The number of hydrogen-bond acceptors (Lipinski definition) is 5. The van der Waals surface area contributed by atoms with E-state index in [9.17, 15) is 19.8 Å².